The molecule has 0 aliphatic carbocycles. The van der Waals surface area contributed by atoms with Crippen LogP contribution in [-0.2, 0) is 9.13 Å². The van der Waals surface area contributed by atoms with Gasteiger partial charge < -0.3 is 44.7 Å². The zero-order valence-electron chi connectivity index (χ0n) is 21.9. The van der Waals surface area contributed by atoms with Crippen molar-refractivity contribution in [2.24, 2.45) is 0 Å². The highest BCUT2D eigenvalue weighted by molar-refractivity contribution is 7.45. The van der Waals surface area contributed by atoms with E-state index in [4.69, 9.17) is 55.6 Å². The number of nitrogens with one attached hydrogen (secondary N) is 1. The molecule has 1 unspecified atom stereocenters. The molecule has 190 valence electrons. The molecule has 1 atom stereocenters. The maximum absolute atomic E-state index is 9.46. The van der Waals surface area contributed by atoms with Gasteiger partial charge in [0.05, 0.1) is 14.8 Å². The Morgan fingerprint density at radius 3 is 2.24 bits per heavy atom. The number of aromatic nitrogens is 1. The van der Waals surface area contributed by atoms with E-state index in [2.05, 4.69) is 10.3 Å². The van der Waals surface area contributed by atoms with Gasteiger partial charge in [-0.25, -0.2) is 9.13 Å². The summed E-state index contributed by atoms with van der Waals surface area (Å²) < 4.78 is 48.1. The van der Waals surface area contributed by atoms with Gasteiger partial charge in [0.2, 0.25) is 0 Å². The summed E-state index contributed by atoms with van der Waals surface area (Å²) in [5, 5.41) is 14.5. The largest absolute Gasteiger partial charge is 0.466 e. The summed E-state index contributed by atoms with van der Waals surface area (Å²) in [5.74, 6) is 0. The molecule has 0 aliphatic heterocycles. The third kappa shape index (κ3) is 18.9. The number of nitrogens with zero attached hydrogens (tertiary/aromatic N) is 2. The minimum Gasteiger partial charge on any atom is -0.395 e. The molecule has 2 aromatic rings. The third-order valence-corrected chi connectivity index (χ3v) is 4.00. The molecule has 12 nitrogen and oxygen atoms in total. The fourth-order valence-electron chi connectivity index (χ4n) is 2.54. The van der Waals surface area contributed by atoms with Crippen LogP contribution in [0, 0.1) is 0 Å². The summed E-state index contributed by atoms with van der Waals surface area (Å²) in [7, 11) is -9.28. The first-order valence-electron chi connectivity index (χ1n) is 11.4. The van der Waals surface area contributed by atoms with Gasteiger partial charge in [-0.3, -0.25) is 4.98 Å². The van der Waals surface area contributed by atoms with Crippen molar-refractivity contribution in [2.45, 2.75) is 32.7 Å². The van der Waals surface area contributed by atoms with Crippen molar-refractivity contribution in [3.05, 3.63) is 35.5 Å². The molecule has 0 radical (unpaired) electrons. The van der Waals surface area contributed by atoms with Crippen LogP contribution in [0.25, 0.3) is 10.9 Å². The van der Waals surface area contributed by atoms with Crippen molar-refractivity contribution in [3.63, 3.8) is 0 Å². The smallest absolute Gasteiger partial charge is 0.395 e. The molecule has 0 amide bonds. The number of hydrogen-bond acceptors (Lipinski definition) is 6. The Kier molecular flexibility index (Phi) is 11.9. The van der Waals surface area contributed by atoms with Crippen LogP contribution in [0.15, 0.2) is 30.5 Å². The Morgan fingerprint density at radius 2 is 1.73 bits per heavy atom. The second-order valence-corrected chi connectivity index (χ2v) is 9.03. The van der Waals surface area contributed by atoms with Crippen LogP contribution in [-0.4, -0.2) is 76.5 Å². The highest BCUT2D eigenvalue weighted by Gasteiger charge is 2.08. The molecule has 0 saturated heterocycles. The van der Waals surface area contributed by atoms with Gasteiger partial charge in [-0.15, -0.1) is 0 Å². The number of benzene rings is 1. The van der Waals surface area contributed by atoms with Crippen molar-refractivity contribution in [1.82, 2.24) is 9.88 Å². The highest BCUT2D eigenvalue weighted by Crippen LogP contribution is 2.26. The van der Waals surface area contributed by atoms with Gasteiger partial charge in [-0.05, 0) is 57.1 Å². The van der Waals surface area contributed by atoms with Gasteiger partial charge in [0.15, 0.2) is 0 Å². The predicted molar refractivity (Wildman–Crippen MR) is 127 cm³/mol. The Bertz CT molecular complexity index is 1050. The van der Waals surface area contributed by atoms with E-state index >= 15 is 0 Å². The van der Waals surface area contributed by atoms with E-state index < -0.39 is 28.7 Å². The van der Waals surface area contributed by atoms with Crippen LogP contribution >= 0.6 is 27.2 Å². The number of rotatable bonds is 9. The second-order valence-electron chi connectivity index (χ2n) is 6.54. The molecular formula is C18H32ClN3O9P2. The molecule has 0 saturated carbocycles. The number of fused-ring (bicyclic) bond motifs is 1. The minimum atomic E-state index is -4.64. The van der Waals surface area contributed by atoms with Gasteiger partial charge in [-0.1, -0.05) is 18.5 Å². The number of aliphatic hydroxyl groups is 1. The monoisotopic (exact) mass is 535 g/mol. The van der Waals surface area contributed by atoms with Crippen molar-refractivity contribution in [1.29, 1.82) is 0 Å². The van der Waals surface area contributed by atoms with Gasteiger partial charge in [0.1, 0.15) is 0 Å². The zero-order valence-corrected chi connectivity index (χ0v) is 20.5. The predicted octanol–water partition coefficient (Wildman–Crippen LogP) is 1.93. The summed E-state index contributed by atoms with van der Waals surface area (Å²) >= 11 is 6.02. The van der Waals surface area contributed by atoms with Crippen LogP contribution in [0.4, 0.5) is 5.69 Å². The van der Waals surface area contributed by atoms with Gasteiger partial charge in [-0.2, -0.15) is 0 Å². The Labute approximate surface area is 203 Å². The molecule has 8 N–H and O–H groups in total. The van der Waals surface area contributed by atoms with Crippen molar-refractivity contribution >= 4 is 43.8 Å². The molecule has 2 rings (SSSR count). The topological polar surface area (TPSA) is 204 Å². The third-order valence-electron chi connectivity index (χ3n) is 3.76. The lowest BCUT2D eigenvalue weighted by atomic mass is 10.1. The van der Waals surface area contributed by atoms with Crippen LogP contribution in [0.3, 0.4) is 0 Å². The maximum atomic E-state index is 9.46. The Morgan fingerprint density at radius 1 is 1.15 bits per heavy atom. The number of pyridine rings is 1. The zero-order chi connectivity index (χ0) is 29.2. The van der Waals surface area contributed by atoms with Crippen molar-refractivity contribution in [2.75, 3.05) is 31.5 Å². The highest BCUT2D eigenvalue weighted by atomic mass is 35.5. The Hall–Kier alpha value is -1.14. The van der Waals surface area contributed by atoms with Crippen LogP contribution in [0.2, 0.25) is 5.02 Å². The first kappa shape index (κ1) is 25.0. The van der Waals surface area contributed by atoms with Crippen molar-refractivity contribution < 1.29 is 49.1 Å². The quantitative estimate of drug-likeness (QED) is 0.217. The summed E-state index contributed by atoms with van der Waals surface area (Å²) in [6, 6.07) is 7.60. The summed E-state index contributed by atoms with van der Waals surface area (Å²) in [5.41, 5.74) is 1.77. The number of phosphoric acid groups is 2. The van der Waals surface area contributed by atoms with Gasteiger partial charge in [0.25, 0.3) is 0 Å². The summed E-state index contributed by atoms with van der Waals surface area (Å²) in [6.07, 6.45) is 3.15. The maximum Gasteiger partial charge on any atom is 0.466 e. The first-order chi connectivity index (χ1) is 16.6. The molecule has 0 spiro atoms. The molecular weight excluding hydrogens is 500 g/mol. The number of hydrogen-bond donors (Lipinski definition) is 8. The summed E-state index contributed by atoms with van der Waals surface area (Å²) in [4.78, 5) is 48.8. The molecule has 1 aromatic heterocycles. The Balaban J connectivity index is 0.00000110. The lowest BCUT2D eigenvalue weighted by Crippen LogP contribution is -2.28. The number of likely N-dealkylation sites (N-methyl/N-ethyl adjacent to an activating group) is 1. The first-order valence-corrected chi connectivity index (χ1v) is 12.9. The average Bonchev–Trinajstić information content (AvgIpc) is 2.67. The second kappa shape index (κ2) is 15.7. The van der Waals surface area contributed by atoms with E-state index in [1.165, 1.54) is 4.90 Å². The average molecular weight is 536 g/mol. The number of anilines is 1. The number of halogens is 1. The van der Waals surface area contributed by atoms with Crippen molar-refractivity contribution in [3.8, 4) is 0 Å². The van der Waals surface area contributed by atoms with E-state index in [0.717, 1.165) is 23.0 Å². The fraction of sp³-hybridized carbons (Fsp3) is 0.500. The van der Waals surface area contributed by atoms with Gasteiger partial charge in [0, 0.05) is 37.6 Å². The lowest BCUT2D eigenvalue weighted by Gasteiger charge is -2.21. The molecule has 33 heavy (non-hydrogen) atoms. The normalized spacial score (nSPS) is 15.1. The van der Waals surface area contributed by atoms with E-state index in [-0.39, 0.29) is 6.04 Å². The molecule has 0 fully saturated rings. The molecule has 0 aliphatic rings. The minimum absolute atomic E-state index is 0.127. The van der Waals surface area contributed by atoms with Crippen LogP contribution < -0.4 is 5.32 Å². The molecule has 1 aromatic carbocycles. The van der Waals surface area contributed by atoms with E-state index in [1.807, 2.05) is 31.2 Å². The van der Waals surface area contributed by atoms with Crippen LogP contribution in [0.1, 0.15) is 32.2 Å². The van der Waals surface area contributed by atoms with E-state index in [0.29, 0.717) is 24.5 Å². The SMILES string of the molecule is O=P(O)(O)O.O=P(O)(O)O.[2H]C([2H])(O)C([2H])([2H])N(CC)CCCC(C)Nc1ccnc2cc(Cl)ccc12. The molecule has 15 heteroatoms. The van der Waals surface area contributed by atoms with E-state index in [1.54, 1.807) is 13.1 Å². The van der Waals surface area contributed by atoms with E-state index in [9.17, 15) is 5.11 Å². The van der Waals surface area contributed by atoms with Crippen LogP contribution in [0.5, 0.6) is 0 Å². The fourth-order valence-corrected chi connectivity index (χ4v) is 2.70. The van der Waals surface area contributed by atoms with Gasteiger partial charge >= 0.3 is 15.6 Å². The lowest BCUT2D eigenvalue weighted by molar-refractivity contribution is 0.199. The standard InChI is InChI=1S/C18H26ClN3O.2H3O4P/c1-3-22(11-12-23)10-4-5-14(2)21-17-8-9-20-18-13-15(19)6-7-16(17)18;2*1-5(2,3)4/h6-9,13-14,23H,3-5,10-12H2,1-2H3,(H,20,21);2*(H3,1,2,3,4)/i11D2,12D2;;. The molecule has 0 bridgehead atoms. The summed E-state index contributed by atoms with van der Waals surface area (Å²) in [6.45, 7) is -0.895. The molecule has 1 heterocycles.